The predicted octanol–water partition coefficient (Wildman–Crippen LogP) is 4.58. The molecule has 0 amide bonds. The minimum Gasteiger partial charge on any atom is -0.452 e. The maximum Gasteiger partial charge on any atom is 0.418 e. The second-order valence-electron chi connectivity index (χ2n) is 8.98. The first-order valence-corrected chi connectivity index (χ1v) is 11.0. The molecule has 1 aromatic heterocycles. The van der Waals surface area contributed by atoms with E-state index in [4.69, 9.17) is 9.47 Å². The number of esters is 1. The van der Waals surface area contributed by atoms with Crippen molar-refractivity contribution in [3.63, 3.8) is 0 Å². The number of ether oxygens (including phenoxy) is 2. The normalized spacial score (nSPS) is 26.6. The van der Waals surface area contributed by atoms with Crippen LogP contribution >= 0.6 is 0 Å². The molecule has 2 aromatic rings. The molecule has 162 valence electrons. The molecule has 1 fully saturated rings. The van der Waals surface area contributed by atoms with E-state index in [0.717, 1.165) is 42.5 Å². The van der Waals surface area contributed by atoms with Gasteiger partial charge >= 0.3 is 12.1 Å². The van der Waals surface area contributed by atoms with Gasteiger partial charge in [-0.15, -0.1) is 0 Å². The quantitative estimate of drug-likeness (QED) is 0.534. The number of piperidine rings is 1. The van der Waals surface area contributed by atoms with Crippen molar-refractivity contribution < 1.29 is 19.1 Å². The third-order valence-corrected chi connectivity index (χ3v) is 6.98. The summed E-state index contributed by atoms with van der Waals surface area (Å²) in [5.74, 6) is 1.65. The van der Waals surface area contributed by atoms with Crippen LogP contribution in [0.1, 0.15) is 57.7 Å². The number of nitrogens with zero attached hydrogens (tertiary/aromatic N) is 2. The van der Waals surface area contributed by atoms with Crippen LogP contribution in [0, 0.1) is 11.8 Å². The molecule has 0 saturated carbocycles. The van der Waals surface area contributed by atoms with Crippen LogP contribution in [0.4, 0.5) is 4.79 Å². The molecular weight excluding hydrogens is 380 g/mol. The number of aromatic nitrogens is 1. The molecule has 6 nitrogen and oxygen atoms in total. The molecule has 1 unspecified atom stereocenters. The number of fused-ring (bicyclic) bond motifs is 4. The van der Waals surface area contributed by atoms with Crippen molar-refractivity contribution in [1.82, 2.24) is 9.47 Å². The molecule has 1 aromatic carbocycles. The average Bonchev–Trinajstić information content (AvgIpc) is 2.95. The van der Waals surface area contributed by atoms with E-state index in [-0.39, 0.29) is 18.0 Å². The highest BCUT2D eigenvalue weighted by Crippen LogP contribution is 2.44. The third-order valence-electron chi connectivity index (χ3n) is 6.98. The van der Waals surface area contributed by atoms with Gasteiger partial charge < -0.3 is 9.47 Å². The smallest absolute Gasteiger partial charge is 0.418 e. The fourth-order valence-corrected chi connectivity index (χ4v) is 5.95. The Hall–Kier alpha value is -2.34. The lowest BCUT2D eigenvalue weighted by Crippen LogP contribution is -2.50. The summed E-state index contributed by atoms with van der Waals surface area (Å²) in [6, 6.07) is 5.92. The molecule has 30 heavy (non-hydrogen) atoms. The molecule has 6 heteroatoms. The molecule has 2 aliphatic rings. The van der Waals surface area contributed by atoms with E-state index in [1.54, 1.807) is 10.6 Å². The number of benzene rings is 1. The highest BCUT2D eigenvalue weighted by atomic mass is 16.5. The zero-order valence-corrected chi connectivity index (χ0v) is 18.6. The molecular formula is C24H32N2O4. The Morgan fingerprint density at radius 2 is 2.00 bits per heavy atom. The van der Waals surface area contributed by atoms with Gasteiger partial charge in [-0.2, -0.15) is 0 Å². The van der Waals surface area contributed by atoms with Crippen LogP contribution in [-0.2, 0) is 16.0 Å². The van der Waals surface area contributed by atoms with Crippen LogP contribution in [0.2, 0.25) is 0 Å². The van der Waals surface area contributed by atoms with Crippen molar-refractivity contribution >= 4 is 23.0 Å². The molecule has 3 heterocycles. The number of hydrogen-bond acceptors (Lipinski definition) is 5. The SMILES string of the molecule is CC[C@H]1C[C@@H](C)CN2CCc3c(n(C(=O)OC)c4ccc(OC(C)=O)cc34)[C@H](C)C12. The zero-order valence-electron chi connectivity index (χ0n) is 18.6. The molecule has 0 spiro atoms. The molecule has 0 radical (unpaired) electrons. The van der Waals surface area contributed by atoms with E-state index in [9.17, 15) is 9.59 Å². The molecule has 4 atom stereocenters. The van der Waals surface area contributed by atoms with Gasteiger partial charge in [0.25, 0.3) is 0 Å². The van der Waals surface area contributed by atoms with E-state index >= 15 is 0 Å². The van der Waals surface area contributed by atoms with Gasteiger partial charge in [-0.05, 0) is 48.4 Å². The Morgan fingerprint density at radius 3 is 2.67 bits per heavy atom. The van der Waals surface area contributed by atoms with Crippen molar-refractivity contribution in [2.24, 2.45) is 11.8 Å². The standard InChI is InChI=1S/C24H32N2O4/c1-6-17-11-14(2)13-25-10-9-19-20-12-18(30-16(4)27)7-8-21(20)26(24(28)29-5)23(19)15(3)22(17)25/h7-8,12,14-15,17,22H,6,9-11,13H2,1-5H3/t14-,15-,17+,22?/m1/s1. The Bertz CT molecular complexity index is 979. The minimum absolute atomic E-state index is 0.198. The van der Waals surface area contributed by atoms with E-state index in [2.05, 4.69) is 25.7 Å². The molecule has 0 bridgehead atoms. The Morgan fingerprint density at radius 1 is 1.23 bits per heavy atom. The van der Waals surface area contributed by atoms with E-state index in [0.29, 0.717) is 23.6 Å². The predicted molar refractivity (Wildman–Crippen MR) is 116 cm³/mol. The molecule has 4 rings (SSSR count). The van der Waals surface area contributed by atoms with Gasteiger partial charge in [-0.1, -0.05) is 27.2 Å². The minimum atomic E-state index is -0.362. The first-order valence-electron chi connectivity index (χ1n) is 11.0. The van der Waals surface area contributed by atoms with Crippen molar-refractivity contribution in [1.29, 1.82) is 0 Å². The van der Waals surface area contributed by atoms with E-state index in [1.807, 2.05) is 12.1 Å². The second kappa shape index (κ2) is 8.06. The molecule has 0 aliphatic carbocycles. The number of methoxy groups -OCH3 is 1. The maximum absolute atomic E-state index is 12.9. The lowest BCUT2D eigenvalue weighted by Gasteiger charge is -2.45. The van der Waals surface area contributed by atoms with E-state index in [1.165, 1.54) is 26.0 Å². The summed E-state index contributed by atoms with van der Waals surface area (Å²) in [6.07, 6.45) is 2.87. The number of hydrogen-bond donors (Lipinski definition) is 0. The van der Waals surface area contributed by atoms with Gasteiger partial charge in [0, 0.05) is 43.1 Å². The summed E-state index contributed by atoms with van der Waals surface area (Å²) in [7, 11) is 1.43. The van der Waals surface area contributed by atoms with Crippen LogP contribution in [0.5, 0.6) is 5.75 Å². The Kier molecular flexibility index (Phi) is 5.62. The summed E-state index contributed by atoms with van der Waals surface area (Å²) < 4.78 is 12.3. The van der Waals surface area contributed by atoms with Crippen LogP contribution < -0.4 is 4.74 Å². The fourth-order valence-electron chi connectivity index (χ4n) is 5.95. The Labute approximate surface area is 178 Å². The van der Waals surface area contributed by atoms with Crippen LogP contribution in [0.3, 0.4) is 0 Å². The summed E-state index contributed by atoms with van der Waals surface area (Å²) in [5, 5.41) is 0.974. The Balaban J connectivity index is 1.91. The van der Waals surface area contributed by atoms with E-state index < -0.39 is 0 Å². The largest absolute Gasteiger partial charge is 0.452 e. The highest BCUT2D eigenvalue weighted by molar-refractivity contribution is 5.95. The number of carbonyl (C=O) groups excluding carboxylic acids is 2. The maximum atomic E-state index is 12.9. The third kappa shape index (κ3) is 3.41. The highest BCUT2D eigenvalue weighted by Gasteiger charge is 2.42. The van der Waals surface area contributed by atoms with Crippen molar-refractivity contribution in [3.05, 3.63) is 29.5 Å². The lowest BCUT2D eigenvalue weighted by molar-refractivity contribution is -0.131. The summed E-state index contributed by atoms with van der Waals surface area (Å²) >= 11 is 0. The monoisotopic (exact) mass is 412 g/mol. The zero-order chi connectivity index (χ0) is 21.6. The summed E-state index contributed by atoms with van der Waals surface area (Å²) in [4.78, 5) is 27.0. The van der Waals surface area contributed by atoms with Gasteiger partial charge in [-0.25, -0.2) is 9.36 Å². The van der Waals surface area contributed by atoms with Crippen molar-refractivity contribution in [2.45, 2.75) is 58.9 Å². The first-order chi connectivity index (χ1) is 14.3. The van der Waals surface area contributed by atoms with Crippen LogP contribution in [0.25, 0.3) is 10.9 Å². The van der Waals surface area contributed by atoms with Gasteiger partial charge in [-0.3, -0.25) is 9.69 Å². The van der Waals surface area contributed by atoms with Gasteiger partial charge in [0.05, 0.1) is 12.6 Å². The fraction of sp³-hybridized carbons (Fsp3) is 0.583. The topological polar surface area (TPSA) is 60.8 Å². The number of carbonyl (C=O) groups is 2. The van der Waals surface area contributed by atoms with Gasteiger partial charge in [0.2, 0.25) is 0 Å². The van der Waals surface area contributed by atoms with Gasteiger partial charge in [0.15, 0.2) is 0 Å². The van der Waals surface area contributed by atoms with Crippen LogP contribution in [-0.4, -0.2) is 47.8 Å². The van der Waals surface area contributed by atoms with Gasteiger partial charge in [0.1, 0.15) is 5.75 Å². The van der Waals surface area contributed by atoms with Crippen molar-refractivity contribution in [2.75, 3.05) is 20.2 Å². The molecule has 0 N–H and O–H groups in total. The molecule has 1 saturated heterocycles. The summed E-state index contributed by atoms with van der Waals surface area (Å²) in [5.41, 5.74) is 3.05. The first kappa shape index (κ1) is 20.9. The second-order valence-corrected chi connectivity index (χ2v) is 8.98. The average molecular weight is 413 g/mol. The number of rotatable bonds is 2. The molecule has 2 aliphatic heterocycles. The van der Waals surface area contributed by atoms with Crippen molar-refractivity contribution in [3.8, 4) is 5.75 Å². The lowest BCUT2D eigenvalue weighted by atomic mass is 9.76. The summed E-state index contributed by atoms with van der Waals surface area (Å²) in [6.45, 7) is 10.4. The van der Waals surface area contributed by atoms with Crippen LogP contribution in [0.15, 0.2) is 18.2 Å².